The Morgan fingerprint density at radius 3 is 2.38 bits per heavy atom. The lowest BCUT2D eigenvalue weighted by Crippen LogP contribution is -2.41. The zero-order valence-electron chi connectivity index (χ0n) is 15.5. The third kappa shape index (κ3) is 4.09. The molecule has 0 saturated heterocycles. The van der Waals surface area contributed by atoms with E-state index >= 15 is 0 Å². The number of nitriles is 1. The van der Waals surface area contributed by atoms with Crippen LogP contribution in [0.3, 0.4) is 0 Å². The fraction of sp³-hybridized carbons (Fsp3) is 0.286. The quantitative estimate of drug-likeness (QED) is 0.800. The van der Waals surface area contributed by atoms with Crippen molar-refractivity contribution in [2.45, 2.75) is 34.1 Å². The molecule has 0 unspecified atom stereocenters. The van der Waals surface area contributed by atoms with Gasteiger partial charge in [0.05, 0.1) is 11.6 Å². The molecule has 134 valence electrons. The second-order valence-corrected chi connectivity index (χ2v) is 6.69. The molecule has 26 heavy (non-hydrogen) atoms. The average molecular weight is 349 g/mol. The molecule has 0 atom stereocenters. The number of nitrogens with one attached hydrogen (secondary N) is 2. The predicted octanol–water partition coefficient (Wildman–Crippen LogP) is 4.03. The Labute approximate surface area is 154 Å². The molecule has 0 fully saturated rings. The van der Waals surface area contributed by atoms with E-state index < -0.39 is 11.3 Å². The molecule has 0 aliphatic rings. The van der Waals surface area contributed by atoms with Crippen molar-refractivity contribution < 1.29 is 9.59 Å². The molecule has 0 aliphatic heterocycles. The molecule has 2 rings (SSSR count). The van der Waals surface area contributed by atoms with Crippen LogP contribution in [0, 0.1) is 23.7 Å². The Morgan fingerprint density at radius 1 is 1.08 bits per heavy atom. The van der Waals surface area contributed by atoms with Crippen LogP contribution in [-0.4, -0.2) is 11.8 Å². The molecule has 5 nitrogen and oxygen atoms in total. The summed E-state index contributed by atoms with van der Waals surface area (Å²) in [5.41, 5.74) is 2.38. The van der Waals surface area contributed by atoms with Gasteiger partial charge in [0.2, 0.25) is 11.8 Å². The normalized spacial score (nSPS) is 10.7. The second kappa shape index (κ2) is 7.83. The molecular formula is C21H23N3O2. The van der Waals surface area contributed by atoms with Crippen molar-refractivity contribution in [3.05, 3.63) is 59.2 Å². The van der Waals surface area contributed by atoms with Gasteiger partial charge >= 0.3 is 0 Å². The molecule has 2 aromatic carbocycles. The molecule has 2 aromatic rings. The van der Waals surface area contributed by atoms with E-state index in [9.17, 15) is 9.59 Å². The Balaban J connectivity index is 2.19. The first kappa shape index (κ1) is 19.2. The van der Waals surface area contributed by atoms with Crippen molar-refractivity contribution in [3.8, 4) is 6.07 Å². The maximum Gasteiger partial charge on any atom is 0.239 e. The molecule has 0 aliphatic carbocycles. The zero-order chi connectivity index (χ0) is 19.3. The van der Waals surface area contributed by atoms with Gasteiger partial charge in [0.25, 0.3) is 0 Å². The maximum atomic E-state index is 12.8. The van der Waals surface area contributed by atoms with Gasteiger partial charge in [-0.2, -0.15) is 5.26 Å². The number of hydrogen-bond donors (Lipinski definition) is 2. The molecule has 0 bridgehead atoms. The SMILES string of the molecule is CCc1cccc(C)c1NC(=O)C(C)(C)C(=O)Nc1cccc(C#N)c1. The fourth-order valence-electron chi connectivity index (χ4n) is 2.53. The van der Waals surface area contributed by atoms with Crippen LogP contribution in [0.4, 0.5) is 11.4 Å². The van der Waals surface area contributed by atoms with E-state index in [0.717, 1.165) is 23.2 Å². The van der Waals surface area contributed by atoms with Crippen molar-refractivity contribution in [2.24, 2.45) is 5.41 Å². The number of carbonyl (C=O) groups excluding carboxylic acids is 2. The number of aryl methyl sites for hydroxylation is 2. The molecule has 0 heterocycles. The minimum Gasteiger partial charge on any atom is -0.325 e. The van der Waals surface area contributed by atoms with E-state index in [1.165, 1.54) is 0 Å². The van der Waals surface area contributed by atoms with Crippen molar-refractivity contribution in [1.82, 2.24) is 0 Å². The largest absolute Gasteiger partial charge is 0.325 e. The number of benzene rings is 2. The van der Waals surface area contributed by atoms with Crippen LogP contribution in [0.2, 0.25) is 0 Å². The summed E-state index contributed by atoms with van der Waals surface area (Å²) >= 11 is 0. The topological polar surface area (TPSA) is 82.0 Å². The van der Waals surface area contributed by atoms with E-state index in [-0.39, 0.29) is 5.91 Å². The van der Waals surface area contributed by atoms with Crippen LogP contribution in [0.1, 0.15) is 37.5 Å². The molecule has 0 aromatic heterocycles. The summed E-state index contributed by atoms with van der Waals surface area (Å²) in [7, 11) is 0. The van der Waals surface area contributed by atoms with E-state index in [1.807, 2.05) is 38.1 Å². The molecule has 0 radical (unpaired) electrons. The number of carbonyl (C=O) groups is 2. The Bertz CT molecular complexity index is 879. The molecule has 0 saturated carbocycles. The van der Waals surface area contributed by atoms with Crippen LogP contribution in [-0.2, 0) is 16.0 Å². The standard InChI is InChI=1S/C21H23N3O2/c1-5-16-10-6-8-14(2)18(16)24-20(26)21(3,4)19(25)23-17-11-7-9-15(12-17)13-22/h6-12H,5H2,1-4H3,(H,23,25)(H,24,26). The number of para-hydroxylation sites is 1. The third-order valence-corrected chi connectivity index (χ3v) is 4.36. The summed E-state index contributed by atoms with van der Waals surface area (Å²) in [5, 5.41) is 14.6. The minimum atomic E-state index is -1.28. The summed E-state index contributed by atoms with van der Waals surface area (Å²) in [6, 6.07) is 14.4. The molecule has 2 amide bonds. The second-order valence-electron chi connectivity index (χ2n) is 6.69. The van der Waals surface area contributed by atoms with E-state index in [0.29, 0.717) is 11.3 Å². The number of rotatable bonds is 5. The first-order chi connectivity index (χ1) is 12.3. The Hall–Kier alpha value is -3.13. The van der Waals surface area contributed by atoms with Crippen molar-refractivity contribution >= 4 is 23.2 Å². The predicted molar refractivity (Wildman–Crippen MR) is 103 cm³/mol. The van der Waals surface area contributed by atoms with Gasteiger partial charge in [0.15, 0.2) is 0 Å². The van der Waals surface area contributed by atoms with Gasteiger partial charge in [-0.25, -0.2) is 0 Å². The highest BCUT2D eigenvalue weighted by Crippen LogP contribution is 2.26. The molecular weight excluding hydrogens is 326 g/mol. The van der Waals surface area contributed by atoms with Crippen molar-refractivity contribution in [3.63, 3.8) is 0 Å². The molecule has 0 spiro atoms. The summed E-state index contributed by atoms with van der Waals surface area (Å²) in [5.74, 6) is -0.813. The van der Waals surface area contributed by atoms with Crippen LogP contribution in [0.5, 0.6) is 0 Å². The van der Waals surface area contributed by atoms with Crippen LogP contribution in [0.25, 0.3) is 0 Å². The Kier molecular flexibility index (Phi) is 5.78. The van der Waals surface area contributed by atoms with E-state index in [2.05, 4.69) is 10.6 Å². The van der Waals surface area contributed by atoms with Crippen LogP contribution < -0.4 is 10.6 Å². The summed E-state index contributed by atoms with van der Waals surface area (Å²) in [6.07, 6.45) is 0.783. The van der Waals surface area contributed by atoms with Crippen molar-refractivity contribution in [2.75, 3.05) is 10.6 Å². The first-order valence-corrected chi connectivity index (χ1v) is 8.51. The van der Waals surface area contributed by atoms with Crippen molar-refractivity contribution in [1.29, 1.82) is 5.26 Å². The maximum absolute atomic E-state index is 12.8. The summed E-state index contributed by atoms with van der Waals surface area (Å²) in [4.78, 5) is 25.4. The lowest BCUT2D eigenvalue weighted by Gasteiger charge is -2.24. The van der Waals surface area contributed by atoms with E-state index in [1.54, 1.807) is 38.1 Å². The summed E-state index contributed by atoms with van der Waals surface area (Å²) < 4.78 is 0. The number of anilines is 2. The van der Waals surface area contributed by atoms with Gasteiger partial charge in [-0.15, -0.1) is 0 Å². The first-order valence-electron chi connectivity index (χ1n) is 8.51. The number of hydrogen-bond acceptors (Lipinski definition) is 3. The number of nitrogens with zero attached hydrogens (tertiary/aromatic N) is 1. The highest BCUT2D eigenvalue weighted by Gasteiger charge is 2.36. The van der Waals surface area contributed by atoms with E-state index in [4.69, 9.17) is 5.26 Å². The highest BCUT2D eigenvalue weighted by atomic mass is 16.2. The van der Waals surface area contributed by atoms with Crippen LogP contribution >= 0.6 is 0 Å². The smallest absolute Gasteiger partial charge is 0.239 e. The minimum absolute atomic E-state index is 0.379. The Morgan fingerprint density at radius 2 is 1.73 bits per heavy atom. The third-order valence-electron chi connectivity index (χ3n) is 4.36. The number of amides is 2. The monoisotopic (exact) mass is 349 g/mol. The highest BCUT2D eigenvalue weighted by molar-refractivity contribution is 6.14. The lowest BCUT2D eigenvalue weighted by atomic mass is 9.90. The van der Waals surface area contributed by atoms with Gasteiger partial charge in [-0.3, -0.25) is 9.59 Å². The van der Waals surface area contributed by atoms with Gasteiger partial charge in [0, 0.05) is 11.4 Å². The summed E-state index contributed by atoms with van der Waals surface area (Å²) in [6.45, 7) is 7.10. The molecule has 2 N–H and O–H groups in total. The average Bonchev–Trinajstić information content (AvgIpc) is 2.63. The zero-order valence-corrected chi connectivity index (χ0v) is 15.5. The van der Waals surface area contributed by atoms with Gasteiger partial charge < -0.3 is 10.6 Å². The van der Waals surface area contributed by atoms with Gasteiger partial charge in [-0.05, 0) is 56.5 Å². The fourth-order valence-corrected chi connectivity index (χ4v) is 2.53. The van der Waals surface area contributed by atoms with Crippen LogP contribution in [0.15, 0.2) is 42.5 Å². The molecule has 5 heteroatoms. The van der Waals surface area contributed by atoms with Gasteiger partial charge in [-0.1, -0.05) is 31.2 Å². The van der Waals surface area contributed by atoms with Gasteiger partial charge in [0.1, 0.15) is 5.41 Å². The lowest BCUT2D eigenvalue weighted by molar-refractivity contribution is -0.135.